The highest BCUT2D eigenvalue weighted by atomic mass is 16.5. The number of esters is 1. The third-order valence-electron chi connectivity index (χ3n) is 6.16. The Morgan fingerprint density at radius 3 is 2.34 bits per heavy atom. The van der Waals surface area contributed by atoms with Crippen molar-refractivity contribution in [1.82, 2.24) is 10.2 Å². The number of hydrogen-bond donors (Lipinski definition) is 1. The van der Waals surface area contributed by atoms with Crippen molar-refractivity contribution in [1.29, 1.82) is 0 Å². The summed E-state index contributed by atoms with van der Waals surface area (Å²) in [5.41, 5.74) is 2.54. The summed E-state index contributed by atoms with van der Waals surface area (Å²) in [5.74, 6) is 1.71. The second-order valence-corrected chi connectivity index (χ2v) is 8.29. The number of nitrogens with zero attached hydrogens (tertiary/aromatic N) is 3. The van der Waals surface area contributed by atoms with Crippen LogP contribution in [-0.2, 0) is 16.1 Å². The van der Waals surface area contributed by atoms with Gasteiger partial charge in [0.2, 0.25) is 0 Å². The van der Waals surface area contributed by atoms with Crippen LogP contribution < -0.4 is 10.2 Å². The third kappa shape index (κ3) is 5.87. The summed E-state index contributed by atoms with van der Waals surface area (Å²) in [4.78, 5) is 21.3. The van der Waals surface area contributed by atoms with Gasteiger partial charge in [-0.05, 0) is 56.2 Å². The zero-order valence-corrected chi connectivity index (χ0v) is 18.2. The number of ether oxygens (including phenoxy) is 1. The first-order valence-electron chi connectivity index (χ1n) is 11.1. The van der Waals surface area contributed by atoms with Crippen molar-refractivity contribution in [2.24, 2.45) is 16.8 Å². The molecule has 3 rings (SSSR count). The molecule has 2 saturated heterocycles. The Morgan fingerprint density at radius 1 is 1.10 bits per heavy atom. The molecule has 0 aromatic heterocycles. The fourth-order valence-corrected chi connectivity index (χ4v) is 4.16. The molecule has 1 aromatic carbocycles. The van der Waals surface area contributed by atoms with Crippen LogP contribution >= 0.6 is 0 Å². The molecule has 1 aromatic rings. The summed E-state index contributed by atoms with van der Waals surface area (Å²) in [7, 11) is 1.47. The second-order valence-electron chi connectivity index (χ2n) is 8.29. The molecule has 0 aliphatic carbocycles. The average Bonchev–Trinajstić information content (AvgIpc) is 2.77. The lowest BCUT2D eigenvalue weighted by atomic mass is 9.97. The van der Waals surface area contributed by atoms with Crippen LogP contribution in [0.2, 0.25) is 0 Å². The maximum absolute atomic E-state index is 11.7. The minimum Gasteiger partial charge on any atom is -0.469 e. The molecule has 0 unspecified atom stereocenters. The van der Waals surface area contributed by atoms with Crippen molar-refractivity contribution in [3.63, 3.8) is 0 Å². The van der Waals surface area contributed by atoms with Gasteiger partial charge >= 0.3 is 5.97 Å². The van der Waals surface area contributed by atoms with E-state index in [-0.39, 0.29) is 11.9 Å². The number of anilines is 1. The largest absolute Gasteiger partial charge is 0.469 e. The molecule has 6 heteroatoms. The molecular weight excluding hydrogens is 364 g/mol. The summed E-state index contributed by atoms with van der Waals surface area (Å²) in [5, 5.41) is 3.40. The molecule has 29 heavy (non-hydrogen) atoms. The molecule has 0 spiro atoms. The molecule has 6 nitrogen and oxygen atoms in total. The lowest BCUT2D eigenvalue weighted by molar-refractivity contribution is -0.146. The van der Waals surface area contributed by atoms with Gasteiger partial charge in [0, 0.05) is 38.4 Å². The van der Waals surface area contributed by atoms with Crippen LogP contribution in [0.4, 0.5) is 5.69 Å². The summed E-state index contributed by atoms with van der Waals surface area (Å²) in [6.45, 7) is 9.91. The molecule has 2 aliphatic heterocycles. The van der Waals surface area contributed by atoms with E-state index in [1.54, 1.807) is 0 Å². The van der Waals surface area contributed by atoms with Crippen LogP contribution in [0.15, 0.2) is 29.3 Å². The van der Waals surface area contributed by atoms with Gasteiger partial charge in [-0.2, -0.15) is 0 Å². The van der Waals surface area contributed by atoms with E-state index in [1.807, 2.05) is 0 Å². The Morgan fingerprint density at radius 2 is 1.76 bits per heavy atom. The molecule has 0 saturated carbocycles. The van der Waals surface area contributed by atoms with Crippen LogP contribution in [0.3, 0.4) is 0 Å². The zero-order valence-electron chi connectivity index (χ0n) is 18.2. The Labute approximate surface area is 175 Å². The smallest absolute Gasteiger partial charge is 0.308 e. The number of piperidine rings is 2. The Balaban J connectivity index is 1.56. The van der Waals surface area contributed by atoms with E-state index in [4.69, 9.17) is 9.73 Å². The van der Waals surface area contributed by atoms with Crippen molar-refractivity contribution in [3.05, 3.63) is 29.8 Å². The van der Waals surface area contributed by atoms with Crippen molar-refractivity contribution in [2.75, 3.05) is 44.7 Å². The minimum absolute atomic E-state index is 0.0180. The van der Waals surface area contributed by atoms with E-state index in [0.29, 0.717) is 6.54 Å². The molecule has 0 radical (unpaired) electrons. The number of aliphatic imine (C=N–C) groups is 1. The Bertz CT molecular complexity index is 673. The summed E-state index contributed by atoms with van der Waals surface area (Å²) >= 11 is 0. The normalized spacial score (nSPS) is 19.3. The molecule has 0 amide bonds. The summed E-state index contributed by atoms with van der Waals surface area (Å²) in [6, 6.07) is 8.86. The van der Waals surface area contributed by atoms with Crippen molar-refractivity contribution < 1.29 is 9.53 Å². The number of nitrogens with one attached hydrogen (secondary N) is 1. The zero-order chi connectivity index (χ0) is 20.6. The van der Waals surface area contributed by atoms with Gasteiger partial charge in [0.25, 0.3) is 0 Å². The van der Waals surface area contributed by atoms with Crippen molar-refractivity contribution in [2.45, 2.75) is 46.1 Å². The number of guanidine groups is 1. The molecule has 0 bridgehead atoms. The SMILES string of the molecule is CCNC(=NCc1ccc(N2CCC(C)CC2)cc1)N1CCC(C(=O)OC)CC1. The molecule has 2 heterocycles. The van der Waals surface area contributed by atoms with Gasteiger partial charge in [-0.15, -0.1) is 0 Å². The van der Waals surface area contributed by atoms with Crippen LogP contribution in [-0.4, -0.2) is 56.7 Å². The topological polar surface area (TPSA) is 57.2 Å². The first-order chi connectivity index (χ1) is 14.1. The van der Waals surface area contributed by atoms with E-state index in [2.05, 4.69) is 53.2 Å². The van der Waals surface area contributed by atoms with Crippen LogP contribution in [0.25, 0.3) is 0 Å². The standard InChI is InChI=1S/C23H36N4O2/c1-4-24-23(27-15-11-20(12-16-27)22(28)29-3)25-17-19-5-7-21(8-6-19)26-13-9-18(2)10-14-26/h5-8,18,20H,4,9-17H2,1-3H3,(H,24,25). The molecule has 160 valence electrons. The Kier molecular flexibility index (Phi) is 7.78. The molecular formula is C23H36N4O2. The maximum Gasteiger partial charge on any atom is 0.308 e. The highest BCUT2D eigenvalue weighted by Crippen LogP contribution is 2.23. The van der Waals surface area contributed by atoms with E-state index in [1.165, 1.54) is 31.2 Å². The highest BCUT2D eigenvalue weighted by molar-refractivity contribution is 5.80. The summed E-state index contributed by atoms with van der Waals surface area (Å²) < 4.78 is 4.89. The minimum atomic E-state index is -0.0881. The van der Waals surface area contributed by atoms with Gasteiger partial charge in [0.15, 0.2) is 5.96 Å². The number of likely N-dealkylation sites (tertiary alicyclic amines) is 1. The quantitative estimate of drug-likeness (QED) is 0.467. The van der Waals surface area contributed by atoms with Crippen molar-refractivity contribution >= 4 is 17.6 Å². The van der Waals surface area contributed by atoms with Gasteiger partial charge in [-0.1, -0.05) is 19.1 Å². The predicted octanol–water partition coefficient (Wildman–Crippen LogP) is 3.27. The van der Waals surface area contributed by atoms with Crippen molar-refractivity contribution in [3.8, 4) is 0 Å². The predicted molar refractivity (Wildman–Crippen MR) is 118 cm³/mol. The van der Waals surface area contributed by atoms with E-state index < -0.39 is 0 Å². The first-order valence-corrected chi connectivity index (χ1v) is 11.1. The van der Waals surface area contributed by atoms with Crippen LogP contribution in [0.1, 0.15) is 45.1 Å². The lowest BCUT2D eigenvalue weighted by Crippen LogP contribution is -2.46. The van der Waals surface area contributed by atoms with Gasteiger partial charge in [0.1, 0.15) is 0 Å². The summed E-state index contributed by atoms with van der Waals surface area (Å²) in [6.07, 6.45) is 4.20. The number of rotatable bonds is 5. The average molecular weight is 401 g/mol. The number of carbonyl (C=O) groups is 1. The van der Waals surface area contributed by atoms with Crippen LogP contribution in [0, 0.1) is 11.8 Å². The number of benzene rings is 1. The molecule has 1 N–H and O–H groups in total. The maximum atomic E-state index is 11.7. The number of hydrogen-bond acceptors (Lipinski definition) is 4. The first kappa shape index (κ1) is 21.5. The van der Waals surface area contributed by atoms with Gasteiger partial charge in [-0.25, -0.2) is 4.99 Å². The van der Waals surface area contributed by atoms with E-state index >= 15 is 0 Å². The van der Waals surface area contributed by atoms with E-state index in [0.717, 1.165) is 57.4 Å². The van der Waals surface area contributed by atoms with Gasteiger partial charge in [0.05, 0.1) is 19.6 Å². The van der Waals surface area contributed by atoms with Gasteiger partial charge < -0.3 is 19.9 Å². The fraction of sp³-hybridized carbons (Fsp3) is 0.652. The fourth-order valence-electron chi connectivity index (χ4n) is 4.16. The third-order valence-corrected chi connectivity index (χ3v) is 6.16. The monoisotopic (exact) mass is 400 g/mol. The second kappa shape index (κ2) is 10.5. The van der Waals surface area contributed by atoms with Gasteiger partial charge in [-0.3, -0.25) is 4.79 Å². The Hall–Kier alpha value is -2.24. The number of carbonyl (C=O) groups excluding carboxylic acids is 1. The number of methoxy groups -OCH3 is 1. The van der Waals surface area contributed by atoms with Crippen LogP contribution in [0.5, 0.6) is 0 Å². The molecule has 2 fully saturated rings. The molecule has 2 aliphatic rings. The molecule has 0 atom stereocenters. The van der Waals surface area contributed by atoms with E-state index in [9.17, 15) is 4.79 Å². The lowest BCUT2D eigenvalue weighted by Gasteiger charge is -2.33. The highest BCUT2D eigenvalue weighted by Gasteiger charge is 2.27.